The van der Waals surface area contributed by atoms with Crippen LogP contribution in [0.25, 0.3) is 27.5 Å². The zero-order valence-electron chi connectivity index (χ0n) is 15.8. The number of nitrogens with one attached hydrogen (secondary N) is 1. The number of aryl methyl sites for hydroxylation is 1. The number of aromatic amines is 1. The smallest absolute Gasteiger partial charge is 0.187 e. The van der Waals surface area contributed by atoms with Gasteiger partial charge in [0.1, 0.15) is 24.0 Å². The summed E-state index contributed by atoms with van der Waals surface area (Å²) in [6.07, 6.45) is 1.81. The van der Waals surface area contributed by atoms with Crippen molar-refractivity contribution >= 4 is 5.69 Å². The molecular formula is C24H18FN3O. The highest BCUT2D eigenvalue weighted by atomic mass is 19.1. The van der Waals surface area contributed by atoms with E-state index < -0.39 is 0 Å². The van der Waals surface area contributed by atoms with Crippen molar-refractivity contribution in [1.82, 2.24) is 9.97 Å². The monoisotopic (exact) mass is 383 g/mol. The first-order valence-corrected chi connectivity index (χ1v) is 9.14. The first kappa shape index (κ1) is 18.5. The normalized spacial score (nSPS) is 10.5. The Morgan fingerprint density at radius 2 is 1.86 bits per heavy atom. The van der Waals surface area contributed by atoms with Gasteiger partial charge in [-0.05, 0) is 48.4 Å². The van der Waals surface area contributed by atoms with Crippen LogP contribution in [-0.4, -0.2) is 9.97 Å². The topological polar surface area (TPSA) is 42.3 Å². The molecule has 1 aromatic heterocycles. The number of aromatic nitrogens is 2. The fraction of sp³-hybridized carbons (Fsp3) is 0.0833. The van der Waals surface area contributed by atoms with Crippen LogP contribution in [0.5, 0.6) is 5.75 Å². The van der Waals surface area contributed by atoms with E-state index in [0.717, 1.165) is 28.1 Å². The highest BCUT2D eigenvalue weighted by molar-refractivity contribution is 5.66. The Morgan fingerprint density at radius 1 is 1.03 bits per heavy atom. The molecule has 0 aliphatic heterocycles. The minimum absolute atomic E-state index is 0.290. The zero-order valence-corrected chi connectivity index (χ0v) is 15.8. The van der Waals surface area contributed by atoms with Crippen LogP contribution in [0.3, 0.4) is 0 Å². The standard InChI is InChI=1S/C24H18FN3O/c1-16-12-18(22-14-27-24(28-22)19-4-3-5-20(25)13-19)8-11-23(16)29-15-17-6-9-21(26-2)10-7-17/h3-14H,15H2,1H3,(H,27,28). The molecule has 0 bridgehead atoms. The molecule has 29 heavy (non-hydrogen) atoms. The van der Waals surface area contributed by atoms with E-state index in [1.165, 1.54) is 12.1 Å². The van der Waals surface area contributed by atoms with Gasteiger partial charge in [-0.2, -0.15) is 0 Å². The lowest BCUT2D eigenvalue weighted by molar-refractivity contribution is 0.304. The maximum absolute atomic E-state index is 13.4. The summed E-state index contributed by atoms with van der Waals surface area (Å²) in [6.45, 7) is 9.42. The third kappa shape index (κ3) is 4.17. The molecule has 0 fully saturated rings. The minimum atomic E-state index is -0.290. The van der Waals surface area contributed by atoms with E-state index in [1.54, 1.807) is 18.2 Å². The van der Waals surface area contributed by atoms with Crippen molar-refractivity contribution in [2.24, 2.45) is 0 Å². The van der Waals surface area contributed by atoms with Crippen LogP contribution in [0.4, 0.5) is 10.1 Å². The first-order chi connectivity index (χ1) is 14.1. The van der Waals surface area contributed by atoms with Crippen molar-refractivity contribution < 1.29 is 9.13 Å². The summed E-state index contributed by atoms with van der Waals surface area (Å²) >= 11 is 0. The Bertz CT molecular complexity index is 1190. The van der Waals surface area contributed by atoms with Crippen LogP contribution in [0.1, 0.15) is 11.1 Å². The fourth-order valence-corrected chi connectivity index (χ4v) is 3.05. The van der Waals surface area contributed by atoms with E-state index >= 15 is 0 Å². The predicted octanol–water partition coefficient (Wildman–Crippen LogP) is 6.32. The SMILES string of the molecule is [C-]#[N+]c1ccc(COc2ccc(-c3c[nH]c(-c4cccc(F)c4)n3)cc2C)cc1. The molecule has 1 heterocycles. The van der Waals surface area contributed by atoms with Gasteiger partial charge < -0.3 is 9.72 Å². The lowest BCUT2D eigenvalue weighted by Gasteiger charge is -2.10. The summed E-state index contributed by atoms with van der Waals surface area (Å²) in [5, 5.41) is 0. The largest absolute Gasteiger partial charge is 0.489 e. The first-order valence-electron chi connectivity index (χ1n) is 9.14. The fourth-order valence-electron chi connectivity index (χ4n) is 3.05. The van der Waals surface area contributed by atoms with Gasteiger partial charge >= 0.3 is 0 Å². The van der Waals surface area contributed by atoms with E-state index in [1.807, 2.05) is 49.5 Å². The molecule has 0 amide bonds. The third-order valence-corrected chi connectivity index (χ3v) is 4.61. The number of rotatable bonds is 5. The molecular weight excluding hydrogens is 365 g/mol. The van der Waals surface area contributed by atoms with Gasteiger partial charge in [-0.25, -0.2) is 14.2 Å². The molecule has 0 saturated carbocycles. The van der Waals surface area contributed by atoms with E-state index in [2.05, 4.69) is 14.8 Å². The molecule has 4 nitrogen and oxygen atoms in total. The number of nitrogens with zero attached hydrogens (tertiary/aromatic N) is 2. The van der Waals surface area contributed by atoms with Crippen molar-refractivity contribution in [1.29, 1.82) is 0 Å². The predicted molar refractivity (Wildman–Crippen MR) is 111 cm³/mol. The van der Waals surface area contributed by atoms with Crippen LogP contribution in [0, 0.1) is 19.3 Å². The van der Waals surface area contributed by atoms with Gasteiger partial charge in [0.15, 0.2) is 5.69 Å². The summed E-state index contributed by atoms with van der Waals surface area (Å²) < 4.78 is 19.4. The van der Waals surface area contributed by atoms with Gasteiger partial charge in [0.05, 0.1) is 12.3 Å². The van der Waals surface area contributed by atoms with Crippen molar-refractivity contribution in [3.05, 3.63) is 101 Å². The van der Waals surface area contributed by atoms with Gasteiger partial charge in [-0.15, -0.1) is 0 Å². The van der Waals surface area contributed by atoms with Gasteiger partial charge in [-0.1, -0.05) is 36.4 Å². The number of hydrogen-bond donors (Lipinski definition) is 1. The van der Waals surface area contributed by atoms with Crippen LogP contribution >= 0.6 is 0 Å². The summed E-state index contributed by atoms with van der Waals surface area (Å²) in [5.41, 5.74) is 5.07. The van der Waals surface area contributed by atoms with E-state index in [4.69, 9.17) is 11.3 Å². The second-order valence-electron chi connectivity index (χ2n) is 6.69. The van der Waals surface area contributed by atoms with Crippen molar-refractivity contribution in [2.75, 3.05) is 0 Å². The Kier molecular flexibility index (Phi) is 5.08. The average molecular weight is 383 g/mol. The molecule has 0 aliphatic rings. The average Bonchev–Trinajstić information content (AvgIpc) is 3.23. The van der Waals surface area contributed by atoms with Crippen molar-refractivity contribution in [3.63, 3.8) is 0 Å². The zero-order chi connectivity index (χ0) is 20.2. The molecule has 0 aliphatic carbocycles. The molecule has 5 heteroatoms. The molecule has 0 spiro atoms. The quantitative estimate of drug-likeness (QED) is 0.410. The summed E-state index contributed by atoms with van der Waals surface area (Å²) in [4.78, 5) is 11.1. The van der Waals surface area contributed by atoms with Crippen LogP contribution in [0.2, 0.25) is 0 Å². The van der Waals surface area contributed by atoms with Crippen molar-refractivity contribution in [2.45, 2.75) is 13.5 Å². The van der Waals surface area contributed by atoms with Gasteiger partial charge in [-0.3, -0.25) is 0 Å². The Morgan fingerprint density at radius 3 is 2.59 bits per heavy atom. The molecule has 0 saturated heterocycles. The van der Waals surface area contributed by atoms with E-state index in [0.29, 0.717) is 23.7 Å². The Balaban J connectivity index is 1.49. The van der Waals surface area contributed by atoms with Crippen LogP contribution < -0.4 is 4.74 Å². The molecule has 0 atom stereocenters. The number of hydrogen-bond acceptors (Lipinski definition) is 2. The number of halogens is 1. The molecule has 1 N–H and O–H groups in total. The Labute approximate surface area is 168 Å². The lowest BCUT2D eigenvalue weighted by Crippen LogP contribution is -1.97. The van der Waals surface area contributed by atoms with Crippen LogP contribution in [-0.2, 0) is 6.61 Å². The van der Waals surface area contributed by atoms with E-state index in [-0.39, 0.29) is 5.82 Å². The number of benzene rings is 3. The number of H-pyrrole nitrogens is 1. The summed E-state index contributed by atoms with van der Waals surface area (Å²) in [5.74, 6) is 1.13. The molecule has 3 aromatic carbocycles. The third-order valence-electron chi connectivity index (χ3n) is 4.61. The van der Waals surface area contributed by atoms with Gasteiger partial charge in [0, 0.05) is 17.3 Å². The minimum Gasteiger partial charge on any atom is -0.489 e. The Hall–Kier alpha value is -3.91. The highest BCUT2D eigenvalue weighted by Gasteiger charge is 2.09. The maximum Gasteiger partial charge on any atom is 0.187 e. The number of ether oxygens (including phenoxy) is 1. The highest BCUT2D eigenvalue weighted by Crippen LogP contribution is 2.28. The molecule has 0 radical (unpaired) electrons. The second kappa shape index (κ2) is 7.99. The summed E-state index contributed by atoms with van der Waals surface area (Å²) in [6, 6.07) is 19.6. The maximum atomic E-state index is 13.4. The summed E-state index contributed by atoms with van der Waals surface area (Å²) in [7, 11) is 0. The van der Waals surface area contributed by atoms with Crippen LogP contribution in [0.15, 0.2) is 72.9 Å². The lowest BCUT2D eigenvalue weighted by atomic mass is 10.1. The second-order valence-corrected chi connectivity index (χ2v) is 6.69. The molecule has 4 rings (SSSR count). The number of imidazole rings is 1. The van der Waals surface area contributed by atoms with Gasteiger partial charge in [0.2, 0.25) is 0 Å². The van der Waals surface area contributed by atoms with Crippen molar-refractivity contribution in [3.8, 4) is 28.4 Å². The van der Waals surface area contributed by atoms with Gasteiger partial charge in [0.25, 0.3) is 0 Å². The molecule has 4 aromatic rings. The molecule has 142 valence electrons. The van der Waals surface area contributed by atoms with E-state index in [9.17, 15) is 4.39 Å². The molecule has 0 unspecified atom stereocenters.